The fourth-order valence-electron chi connectivity index (χ4n) is 2.84. The number of thiophene rings is 1. The Bertz CT molecular complexity index is 997. The summed E-state index contributed by atoms with van der Waals surface area (Å²) in [7, 11) is -3.87. The van der Waals surface area contributed by atoms with Crippen molar-refractivity contribution in [2.45, 2.75) is 11.8 Å². The minimum absolute atomic E-state index is 0.0707. The Morgan fingerprint density at radius 1 is 1.19 bits per heavy atom. The number of nitro benzene ring substituents is 1. The van der Waals surface area contributed by atoms with Crippen LogP contribution in [-0.4, -0.2) is 54.6 Å². The summed E-state index contributed by atoms with van der Waals surface area (Å²) in [6, 6.07) is 7.32. The Hall–Kier alpha value is -1.82. The highest BCUT2D eigenvalue weighted by molar-refractivity contribution is 9.11. The van der Waals surface area contributed by atoms with Crippen molar-refractivity contribution in [2.75, 3.05) is 26.2 Å². The molecule has 1 saturated heterocycles. The number of hydrogen-bond acceptors (Lipinski definition) is 6. The van der Waals surface area contributed by atoms with Gasteiger partial charge in [-0.2, -0.15) is 4.31 Å². The van der Waals surface area contributed by atoms with E-state index in [0.29, 0.717) is 10.4 Å². The number of sulfonamides is 1. The standard InChI is InChI=1S/C16H16BrN3O5S2/c1-11-2-3-12(20(22)23)10-14(11)27(24,25)19-8-6-18(7-9-19)16(21)13-4-5-15(17)26-13/h2-5,10H,6-9H2,1H3. The van der Waals surface area contributed by atoms with Crippen LogP contribution in [0.25, 0.3) is 0 Å². The Balaban J connectivity index is 1.76. The summed E-state index contributed by atoms with van der Waals surface area (Å²) >= 11 is 4.65. The molecule has 1 aliphatic heterocycles. The smallest absolute Gasteiger partial charge is 0.270 e. The highest BCUT2D eigenvalue weighted by Crippen LogP contribution is 2.27. The van der Waals surface area contributed by atoms with Gasteiger partial charge in [0.1, 0.15) is 0 Å². The summed E-state index contributed by atoms with van der Waals surface area (Å²) < 4.78 is 28.0. The number of nitrogens with zero attached hydrogens (tertiary/aromatic N) is 3. The molecule has 0 unspecified atom stereocenters. The van der Waals surface area contributed by atoms with Gasteiger partial charge in [0.15, 0.2) is 0 Å². The van der Waals surface area contributed by atoms with Gasteiger partial charge in [-0.25, -0.2) is 8.42 Å². The average Bonchev–Trinajstić information content (AvgIpc) is 3.07. The van der Waals surface area contributed by atoms with Crippen molar-refractivity contribution in [2.24, 2.45) is 0 Å². The quantitative estimate of drug-likeness (QED) is 0.501. The second-order valence-electron chi connectivity index (χ2n) is 6.01. The minimum Gasteiger partial charge on any atom is -0.335 e. The monoisotopic (exact) mass is 473 g/mol. The van der Waals surface area contributed by atoms with Crippen molar-refractivity contribution in [3.05, 3.63) is 54.7 Å². The second-order valence-corrected chi connectivity index (χ2v) is 10.4. The number of carbonyl (C=O) groups excluding carboxylic acids is 1. The molecule has 1 aromatic carbocycles. The van der Waals surface area contributed by atoms with E-state index >= 15 is 0 Å². The van der Waals surface area contributed by atoms with E-state index in [1.54, 1.807) is 24.0 Å². The maximum absolute atomic E-state index is 12.9. The van der Waals surface area contributed by atoms with Crippen LogP contribution < -0.4 is 0 Å². The highest BCUT2D eigenvalue weighted by Gasteiger charge is 2.32. The lowest BCUT2D eigenvalue weighted by Crippen LogP contribution is -2.50. The number of nitro groups is 1. The molecule has 2 aromatic rings. The van der Waals surface area contributed by atoms with Crippen LogP contribution >= 0.6 is 27.3 Å². The molecule has 8 nitrogen and oxygen atoms in total. The molecule has 0 saturated carbocycles. The van der Waals surface area contributed by atoms with Gasteiger partial charge < -0.3 is 4.90 Å². The van der Waals surface area contributed by atoms with E-state index in [9.17, 15) is 23.3 Å². The van der Waals surface area contributed by atoms with Crippen molar-refractivity contribution < 1.29 is 18.1 Å². The second kappa shape index (κ2) is 7.66. The number of halogens is 1. The predicted molar refractivity (Wildman–Crippen MR) is 105 cm³/mol. The number of amides is 1. The average molecular weight is 474 g/mol. The van der Waals surface area contributed by atoms with Gasteiger partial charge in [0.25, 0.3) is 11.6 Å². The van der Waals surface area contributed by atoms with E-state index in [1.807, 2.05) is 0 Å². The van der Waals surface area contributed by atoms with Crippen LogP contribution in [0.4, 0.5) is 5.69 Å². The van der Waals surface area contributed by atoms with Gasteiger partial charge in [0, 0.05) is 38.3 Å². The molecule has 1 aromatic heterocycles. The zero-order valence-electron chi connectivity index (χ0n) is 14.3. The van der Waals surface area contributed by atoms with Gasteiger partial charge >= 0.3 is 0 Å². The summed E-state index contributed by atoms with van der Waals surface area (Å²) in [6.07, 6.45) is 0. The molecule has 0 aliphatic carbocycles. The molecule has 0 N–H and O–H groups in total. The van der Waals surface area contributed by atoms with Crippen molar-refractivity contribution in [1.29, 1.82) is 0 Å². The van der Waals surface area contributed by atoms with Crippen LogP contribution in [-0.2, 0) is 10.0 Å². The van der Waals surface area contributed by atoms with Crippen molar-refractivity contribution in [3.63, 3.8) is 0 Å². The SMILES string of the molecule is Cc1ccc([N+](=O)[O-])cc1S(=O)(=O)N1CCN(C(=O)c2ccc(Br)s2)CC1. The van der Waals surface area contributed by atoms with Gasteiger partial charge in [-0.05, 0) is 40.5 Å². The number of carbonyl (C=O) groups is 1. The summed E-state index contributed by atoms with van der Waals surface area (Å²) in [5, 5.41) is 11.0. The van der Waals surface area contributed by atoms with Gasteiger partial charge in [-0.1, -0.05) is 6.07 Å². The van der Waals surface area contributed by atoms with Crippen LogP contribution in [0.3, 0.4) is 0 Å². The Kier molecular flexibility index (Phi) is 5.65. The maximum Gasteiger partial charge on any atom is 0.270 e. The van der Waals surface area contributed by atoms with Crippen molar-refractivity contribution in [3.8, 4) is 0 Å². The number of rotatable bonds is 4. The van der Waals surface area contributed by atoms with Crippen LogP contribution in [0.1, 0.15) is 15.2 Å². The third-order valence-electron chi connectivity index (χ3n) is 4.31. The molecule has 1 amide bonds. The normalized spacial score (nSPS) is 15.7. The first kappa shape index (κ1) is 19.9. The van der Waals surface area contributed by atoms with Gasteiger partial charge in [0.2, 0.25) is 10.0 Å². The largest absolute Gasteiger partial charge is 0.335 e. The lowest BCUT2D eigenvalue weighted by atomic mass is 10.2. The van der Waals surface area contributed by atoms with Gasteiger partial charge in [-0.15, -0.1) is 11.3 Å². The lowest BCUT2D eigenvalue weighted by Gasteiger charge is -2.34. The first-order valence-electron chi connectivity index (χ1n) is 8.00. The molecule has 0 radical (unpaired) electrons. The van der Waals surface area contributed by atoms with Crippen molar-refractivity contribution >= 4 is 48.9 Å². The molecule has 0 bridgehead atoms. The molecular weight excluding hydrogens is 458 g/mol. The first-order chi connectivity index (χ1) is 12.7. The fourth-order valence-corrected chi connectivity index (χ4v) is 5.86. The van der Waals surface area contributed by atoms with E-state index in [1.165, 1.54) is 27.8 Å². The third kappa shape index (κ3) is 4.05. The fraction of sp³-hybridized carbons (Fsp3) is 0.312. The van der Waals surface area contributed by atoms with Crippen molar-refractivity contribution in [1.82, 2.24) is 9.21 Å². The third-order valence-corrected chi connectivity index (χ3v) is 7.96. The molecular formula is C16H16BrN3O5S2. The number of non-ortho nitro benzene ring substituents is 1. The van der Waals surface area contributed by atoms with E-state index in [4.69, 9.17) is 0 Å². The van der Waals surface area contributed by atoms with Crippen LogP contribution in [0, 0.1) is 17.0 Å². The number of hydrogen-bond donors (Lipinski definition) is 0. The number of aryl methyl sites for hydroxylation is 1. The molecule has 27 heavy (non-hydrogen) atoms. The predicted octanol–water partition coefficient (Wildman–Crippen LogP) is 2.87. The minimum atomic E-state index is -3.87. The molecule has 144 valence electrons. The van der Waals surface area contributed by atoms with Crippen LogP contribution in [0.2, 0.25) is 0 Å². The Morgan fingerprint density at radius 3 is 2.41 bits per heavy atom. The van der Waals surface area contributed by atoms with E-state index in [-0.39, 0.29) is 42.7 Å². The molecule has 1 aliphatic rings. The van der Waals surface area contributed by atoms with Gasteiger partial charge in [-0.3, -0.25) is 14.9 Å². The zero-order valence-corrected chi connectivity index (χ0v) is 17.5. The molecule has 0 spiro atoms. The molecule has 2 heterocycles. The first-order valence-corrected chi connectivity index (χ1v) is 11.0. The van der Waals surface area contributed by atoms with E-state index in [0.717, 1.165) is 9.85 Å². The molecule has 11 heteroatoms. The Labute approximate surface area is 168 Å². The summed E-state index contributed by atoms with van der Waals surface area (Å²) in [5.41, 5.74) is 0.179. The molecule has 1 fully saturated rings. The van der Waals surface area contributed by atoms with E-state index < -0.39 is 14.9 Å². The van der Waals surface area contributed by atoms with Crippen LogP contribution in [0.15, 0.2) is 39.0 Å². The zero-order chi connectivity index (χ0) is 19.8. The summed E-state index contributed by atoms with van der Waals surface area (Å²) in [5.74, 6) is -0.130. The topological polar surface area (TPSA) is 101 Å². The van der Waals surface area contributed by atoms with Crippen LogP contribution in [0.5, 0.6) is 0 Å². The van der Waals surface area contributed by atoms with E-state index in [2.05, 4.69) is 15.9 Å². The number of piperazine rings is 1. The Morgan fingerprint density at radius 2 is 1.85 bits per heavy atom. The highest BCUT2D eigenvalue weighted by atomic mass is 79.9. The molecule has 3 rings (SSSR count). The number of benzene rings is 1. The lowest BCUT2D eigenvalue weighted by molar-refractivity contribution is -0.385. The molecule has 0 atom stereocenters. The maximum atomic E-state index is 12.9. The van der Waals surface area contributed by atoms with Gasteiger partial charge in [0.05, 0.1) is 18.5 Å². The summed E-state index contributed by atoms with van der Waals surface area (Å²) in [4.78, 5) is 25.0. The summed E-state index contributed by atoms with van der Waals surface area (Å²) in [6.45, 7) is 2.42.